The molecule has 1 heterocycles. The Bertz CT molecular complexity index is 386. The van der Waals surface area contributed by atoms with E-state index in [-0.39, 0.29) is 5.82 Å². The number of hydrogen-bond acceptors (Lipinski definition) is 3. The molecule has 0 bridgehead atoms. The van der Waals surface area contributed by atoms with Crippen molar-refractivity contribution in [1.29, 1.82) is 0 Å². The molecule has 2 atom stereocenters. The van der Waals surface area contributed by atoms with Crippen LogP contribution in [-0.2, 0) is 0 Å². The van der Waals surface area contributed by atoms with E-state index in [9.17, 15) is 4.39 Å². The van der Waals surface area contributed by atoms with Gasteiger partial charge in [0.2, 0.25) is 0 Å². The summed E-state index contributed by atoms with van der Waals surface area (Å²) in [5, 5.41) is 0. The summed E-state index contributed by atoms with van der Waals surface area (Å²) in [5.74, 6) is 1.25. The highest BCUT2D eigenvalue weighted by atomic mass is 19.1. The van der Waals surface area contributed by atoms with Crippen LogP contribution in [0.1, 0.15) is 6.42 Å². The monoisotopic (exact) mass is 252 g/mol. The summed E-state index contributed by atoms with van der Waals surface area (Å²) in [7, 11) is 2.13. The molecule has 4 heteroatoms. The quantitative estimate of drug-likeness (QED) is 0.867. The van der Waals surface area contributed by atoms with Gasteiger partial charge in [-0.15, -0.1) is 0 Å². The molecule has 1 aliphatic rings. The van der Waals surface area contributed by atoms with Gasteiger partial charge in [-0.2, -0.15) is 0 Å². The van der Waals surface area contributed by atoms with Crippen LogP contribution in [0.2, 0.25) is 0 Å². The number of benzene rings is 1. The summed E-state index contributed by atoms with van der Waals surface area (Å²) in [6.07, 6.45) is 1.17. The van der Waals surface area contributed by atoms with E-state index in [0.29, 0.717) is 30.7 Å². The van der Waals surface area contributed by atoms with Crippen LogP contribution < -0.4 is 10.5 Å². The second kappa shape index (κ2) is 6.16. The number of hydrogen-bond donors (Lipinski definition) is 1. The minimum absolute atomic E-state index is 0.266. The topological polar surface area (TPSA) is 38.5 Å². The third-order valence-corrected chi connectivity index (χ3v) is 3.66. The summed E-state index contributed by atoms with van der Waals surface area (Å²) >= 11 is 0. The first-order chi connectivity index (χ1) is 8.69. The van der Waals surface area contributed by atoms with Gasteiger partial charge in [-0.25, -0.2) is 4.39 Å². The summed E-state index contributed by atoms with van der Waals surface area (Å²) in [5.41, 5.74) is 5.82. The third-order valence-electron chi connectivity index (χ3n) is 3.66. The predicted octanol–water partition coefficient (Wildman–Crippen LogP) is 1.73. The molecule has 1 aromatic carbocycles. The van der Waals surface area contributed by atoms with Gasteiger partial charge < -0.3 is 15.4 Å². The van der Waals surface area contributed by atoms with Crippen molar-refractivity contribution in [3.05, 3.63) is 30.1 Å². The predicted molar refractivity (Wildman–Crippen MR) is 70.0 cm³/mol. The summed E-state index contributed by atoms with van der Waals surface area (Å²) in [4.78, 5) is 2.31. The molecule has 1 aromatic rings. The van der Waals surface area contributed by atoms with E-state index in [4.69, 9.17) is 10.5 Å². The van der Waals surface area contributed by atoms with Crippen LogP contribution in [0.15, 0.2) is 24.3 Å². The van der Waals surface area contributed by atoms with Gasteiger partial charge in [0.15, 0.2) is 0 Å². The Morgan fingerprint density at radius 3 is 3.00 bits per heavy atom. The average Bonchev–Trinajstić information content (AvgIpc) is 2.77. The highest BCUT2D eigenvalue weighted by Crippen LogP contribution is 2.24. The Hall–Kier alpha value is -1.13. The largest absolute Gasteiger partial charge is 0.493 e. The second-order valence-corrected chi connectivity index (χ2v) is 5.08. The number of rotatable bonds is 5. The van der Waals surface area contributed by atoms with Gasteiger partial charge in [0.1, 0.15) is 11.6 Å². The van der Waals surface area contributed by atoms with E-state index < -0.39 is 0 Å². The minimum Gasteiger partial charge on any atom is -0.493 e. The molecule has 3 nitrogen and oxygen atoms in total. The zero-order chi connectivity index (χ0) is 13.0. The molecule has 0 aromatic heterocycles. The lowest BCUT2D eigenvalue weighted by Gasteiger charge is -2.22. The molecule has 1 aliphatic heterocycles. The first kappa shape index (κ1) is 13.3. The van der Waals surface area contributed by atoms with Gasteiger partial charge in [-0.1, -0.05) is 6.07 Å². The zero-order valence-corrected chi connectivity index (χ0v) is 10.8. The lowest BCUT2D eigenvalue weighted by atomic mass is 9.92. The number of likely N-dealkylation sites (tertiary alicyclic amines) is 1. The molecule has 100 valence electrons. The van der Waals surface area contributed by atoms with Gasteiger partial charge in [0, 0.05) is 18.5 Å². The molecule has 2 unspecified atom stereocenters. The molecule has 0 amide bonds. The van der Waals surface area contributed by atoms with Crippen molar-refractivity contribution in [2.24, 2.45) is 17.6 Å². The van der Waals surface area contributed by atoms with Crippen molar-refractivity contribution in [2.45, 2.75) is 6.42 Å². The van der Waals surface area contributed by atoms with Crippen molar-refractivity contribution in [1.82, 2.24) is 4.90 Å². The number of ether oxygens (including phenoxy) is 1. The van der Waals surface area contributed by atoms with E-state index in [1.165, 1.54) is 18.6 Å². The van der Waals surface area contributed by atoms with Crippen LogP contribution in [0, 0.1) is 17.7 Å². The van der Waals surface area contributed by atoms with Crippen LogP contribution in [0.5, 0.6) is 5.75 Å². The molecule has 0 radical (unpaired) electrons. The third kappa shape index (κ3) is 3.43. The maximum absolute atomic E-state index is 13.0. The Labute approximate surface area is 108 Å². The first-order valence-corrected chi connectivity index (χ1v) is 6.46. The zero-order valence-electron chi connectivity index (χ0n) is 10.8. The lowest BCUT2D eigenvalue weighted by Crippen LogP contribution is -2.30. The SMILES string of the molecule is CN1CCC(C(CN)COc2cccc(F)c2)C1. The normalized spacial score (nSPS) is 22.1. The average molecular weight is 252 g/mol. The molecule has 1 fully saturated rings. The minimum atomic E-state index is -0.266. The maximum Gasteiger partial charge on any atom is 0.126 e. The molecule has 18 heavy (non-hydrogen) atoms. The van der Waals surface area contributed by atoms with Crippen molar-refractivity contribution < 1.29 is 9.13 Å². The van der Waals surface area contributed by atoms with Crippen LogP contribution in [0.25, 0.3) is 0 Å². The fourth-order valence-corrected chi connectivity index (χ4v) is 2.51. The Morgan fingerprint density at radius 1 is 1.56 bits per heavy atom. The van der Waals surface area contributed by atoms with Crippen LogP contribution >= 0.6 is 0 Å². The Balaban J connectivity index is 1.87. The van der Waals surface area contributed by atoms with Gasteiger partial charge in [-0.05, 0) is 44.6 Å². The van der Waals surface area contributed by atoms with Gasteiger partial charge in [-0.3, -0.25) is 0 Å². The molecule has 2 rings (SSSR count). The molecule has 1 saturated heterocycles. The van der Waals surface area contributed by atoms with Crippen molar-refractivity contribution in [3.63, 3.8) is 0 Å². The van der Waals surface area contributed by atoms with Crippen molar-refractivity contribution in [2.75, 3.05) is 33.3 Å². The van der Waals surface area contributed by atoms with Crippen molar-refractivity contribution >= 4 is 0 Å². The van der Waals surface area contributed by atoms with Gasteiger partial charge >= 0.3 is 0 Å². The lowest BCUT2D eigenvalue weighted by molar-refractivity contribution is 0.199. The molecule has 0 saturated carbocycles. The number of nitrogens with two attached hydrogens (primary N) is 1. The van der Waals surface area contributed by atoms with Crippen LogP contribution in [0.4, 0.5) is 4.39 Å². The van der Waals surface area contributed by atoms with E-state index in [2.05, 4.69) is 11.9 Å². The van der Waals surface area contributed by atoms with Crippen LogP contribution in [-0.4, -0.2) is 38.2 Å². The van der Waals surface area contributed by atoms with Gasteiger partial charge in [0.05, 0.1) is 6.61 Å². The Morgan fingerprint density at radius 2 is 2.39 bits per heavy atom. The van der Waals surface area contributed by atoms with E-state index in [1.807, 2.05) is 0 Å². The fourth-order valence-electron chi connectivity index (χ4n) is 2.51. The van der Waals surface area contributed by atoms with E-state index >= 15 is 0 Å². The van der Waals surface area contributed by atoms with Crippen LogP contribution in [0.3, 0.4) is 0 Å². The Kier molecular flexibility index (Phi) is 4.55. The molecule has 0 spiro atoms. The number of nitrogens with zero attached hydrogens (tertiary/aromatic N) is 1. The van der Waals surface area contributed by atoms with E-state index in [0.717, 1.165) is 13.1 Å². The van der Waals surface area contributed by atoms with E-state index in [1.54, 1.807) is 12.1 Å². The molecular weight excluding hydrogens is 231 g/mol. The first-order valence-electron chi connectivity index (χ1n) is 6.46. The highest BCUT2D eigenvalue weighted by molar-refractivity contribution is 5.22. The molecular formula is C14H21FN2O. The van der Waals surface area contributed by atoms with Gasteiger partial charge in [0.25, 0.3) is 0 Å². The molecule has 2 N–H and O–H groups in total. The summed E-state index contributed by atoms with van der Waals surface area (Å²) < 4.78 is 18.7. The summed E-state index contributed by atoms with van der Waals surface area (Å²) in [6.45, 7) is 3.39. The second-order valence-electron chi connectivity index (χ2n) is 5.08. The fraction of sp³-hybridized carbons (Fsp3) is 0.571. The van der Waals surface area contributed by atoms with Crippen molar-refractivity contribution in [3.8, 4) is 5.75 Å². The summed E-state index contributed by atoms with van der Waals surface area (Å²) in [6, 6.07) is 6.26. The number of halogens is 1. The highest BCUT2D eigenvalue weighted by Gasteiger charge is 2.27. The molecule has 0 aliphatic carbocycles. The standard InChI is InChI=1S/C14H21FN2O/c1-17-6-5-11(9-17)12(8-16)10-18-14-4-2-3-13(15)7-14/h2-4,7,11-12H,5-6,8-10,16H2,1H3. The smallest absolute Gasteiger partial charge is 0.126 e. The maximum atomic E-state index is 13.0.